The van der Waals surface area contributed by atoms with E-state index >= 15 is 0 Å². The molecule has 0 bridgehead atoms. The Morgan fingerprint density at radius 3 is 2.62 bits per heavy atom. The fraction of sp³-hybridized carbons (Fsp3) is 0.222. The number of aromatic amines is 1. The molecule has 0 saturated carbocycles. The first-order valence-corrected chi connectivity index (χ1v) is 10.9. The summed E-state index contributed by atoms with van der Waals surface area (Å²) in [5, 5.41) is 14.6. The number of para-hydroxylation sites is 1. The van der Waals surface area contributed by atoms with Crippen LogP contribution in [0.15, 0.2) is 72.9 Å². The van der Waals surface area contributed by atoms with Gasteiger partial charge in [0.05, 0.1) is 12.2 Å². The molecule has 1 amide bonds. The molecule has 4 aromatic rings. The topological polar surface area (TPSA) is 74.3 Å². The Balaban J connectivity index is 1.60. The summed E-state index contributed by atoms with van der Waals surface area (Å²) in [6.07, 6.45) is 0.827. The molecule has 3 N–H and O–H groups in total. The van der Waals surface area contributed by atoms with Crippen molar-refractivity contribution < 1.29 is 14.6 Å². The molecular weight excluding hydrogens is 400 g/mol. The van der Waals surface area contributed by atoms with Crippen LogP contribution in [0.25, 0.3) is 22.0 Å². The number of aromatic nitrogens is 1. The lowest BCUT2D eigenvalue weighted by Gasteiger charge is -2.21. The largest absolute Gasteiger partial charge is 0.493 e. The number of carbonyl (C=O) groups is 1. The average Bonchev–Trinajstić information content (AvgIpc) is 3.23. The number of rotatable bonds is 7. The monoisotopic (exact) mass is 428 g/mol. The molecule has 4 rings (SSSR count). The molecule has 1 heterocycles. The van der Waals surface area contributed by atoms with E-state index in [1.807, 2.05) is 87.6 Å². The summed E-state index contributed by atoms with van der Waals surface area (Å²) in [5.41, 5.74) is 5.43. The van der Waals surface area contributed by atoms with Crippen LogP contribution < -0.4 is 10.1 Å². The van der Waals surface area contributed by atoms with Crippen LogP contribution >= 0.6 is 0 Å². The first kappa shape index (κ1) is 21.7. The van der Waals surface area contributed by atoms with Gasteiger partial charge < -0.3 is 20.1 Å². The van der Waals surface area contributed by atoms with Crippen LogP contribution in [0.5, 0.6) is 5.75 Å². The standard InChI is InChI=1S/C27H28N2O3/c1-4-32-25-13-12-20(19-9-7-8-17(2)14-19)15-22(25)27(31)29-26(30)18(3)23-16-28-24-11-6-5-10-21(23)24/h5-16,18,26,28,30H,4H2,1-3H3,(H,29,31)/t18?,26-/m1/s1. The van der Waals surface area contributed by atoms with Crippen LogP contribution in [-0.2, 0) is 0 Å². The predicted molar refractivity (Wildman–Crippen MR) is 128 cm³/mol. The maximum atomic E-state index is 13.2. The van der Waals surface area contributed by atoms with Gasteiger partial charge in [-0.3, -0.25) is 4.79 Å². The number of hydrogen-bond acceptors (Lipinski definition) is 3. The lowest BCUT2D eigenvalue weighted by Crippen LogP contribution is -2.38. The number of H-pyrrole nitrogens is 1. The molecule has 5 nitrogen and oxygen atoms in total. The minimum Gasteiger partial charge on any atom is -0.493 e. The normalized spacial score (nSPS) is 13.0. The molecule has 164 valence electrons. The van der Waals surface area contributed by atoms with E-state index in [1.54, 1.807) is 0 Å². The van der Waals surface area contributed by atoms with Gasteiger partial charge in [0.25, 0.3) is 5.91 Å². The minimum absolute atomic E-state index is 0.300. The van der Waals surface area contributed by atoms with Gasteiger partial charge in [0.1, 0.15) is 12.0 Å². The van der Waals surface area contributed by atoms with Crippen molar-refractivity contribution in [1.82, 2.24) is 10.3 Å². The highest BCUT2D eigenvalue weighted by atomic mass is 16.5. The second-order valence-corrected chi connectivity index (χ2v) is 8.01. The molecule has 1 aromatic heterocycles. The summed E-state index contributed by atoms with van der Waals surface area (Å²) in [6, 6.07) is 21.6. The van der Waals surface area contributed by atoms with E-state index in [1.165, 1.54) is 0 Å². The molecule has 0 aliphatic carbocycles. The molecule has 5 heteroatoms. The number of benzene rings is 3. The van der Waals surface area contributed by atoms with E-state index in [0.29, 0.717) is 17.9 Å². The van der Waals surface area contributed by atoms with Gasteiger partial charge in [0.2, 0.25) is 0 Å². The first-order valence-electron chi connectivity index (χ1n) is 10.9. The van der Waals surface area contributed by atoms with Crippen molar-refractivity contribution in [3.63, 3.8) is 0 Å². The van der Waals surface area contributed by atoms with Gasteiger partial charge in [-0.05, 0) is 48.7 Å². The van der Waals surface area contributed by atoms with Gasteiger partial charge in [-0.2, -0.15) is 0 Å². The first-order chi connectivity index (χ1) is 15.5. The molecule has 32 heavy (non-hydrogen) atoms. The summed E-state index contributed by atoms with van der Waals surface area (Å²) in [6.45, 7) is 6.25. The maximum absolute atomic E-state index is 13.2. The van der Waals surface area contributed by atoms with Crippen molar-refractivity contribution in [2.24, 2.45) is 0 Å². The SMILES string of the molecule is CCOc1ccc(-c2cccc(C)c2)cc1C(=O)N[C@H](O)C(C)c1c[nH]c2ccccc12. The number of hydrogen-bond donors (Lipinski definition) is 3. The lowest BCUT2D eigenvalue weighted by molar-refractivity contribution is 0.0725. The molecule has 1 unspecified atom stereocenters. The van der Waals surface area contributed by atoms with E-state index in [4.69, 9.17) is 4.74 Å². The van der Waals surface area contributed by atoms with Crippen LogP contribution in [0.1, 0.15) is 41.3 Å². The number of fused-ring (bicyclic) bond motifs is 1. The Labute approximate surface area is 188 Å². The number of amides is 1. The molecule has 0 fully saturated rings. The number of aryl methyl sites for hydroxylation is 1. The second kappa shape index (κ2) is 9.28. The van der Waals surface area contributed by atoms with Gasteiger partial charge in [-0.15, -0.1) is 0 Å². The van der Waals surface area contributed by atoms with Crippen molar-refractivity contribution in [3.8, 4) is 16.9 Å². The van der Waals surface area contributed by atoms with Crippen molar-refractivity contribution in [2.75, 3.05) is 6.61 Å². The zero-order chi connectivity index (χ0) is 22.7. The smallest absolute Gasteiger partial charge is 0.257 e. The minimum atomic E-state index is -1.06. The second-order valence-electron chi connectivity index (χ2n) is 8.01. The zero-order valence-electron chi connectivity index (χ0n) is 18.6. The fourth-order valence-corrected chi connectivity index (χ4v) is 3.97. The van der Waals surface area contributed by atoms with Crippen molar-refractivity contribution in [1.29, 1.82) is 0 Å². The fourth-order valence-electron chi connectivity index (χ4n) is 3.97. The van der Waals surface area contributed by atoms with Gasteiger partial charge in [-0.1, -0.05) is 61.0 Å². The van der Waals surface area contributed by atoms with Crippen LogP contribution in [-0.4, -0.2) is 28.8 Å². The molecule has 0 spiro atoms. The highest BCUT2D eigenvalue weighted by Crippen LogP contribution is 2.29. The number of carbonyl (C=O) groups excluding carboxylic acids is 1. The molecule has 0 aliphatic rings. The number of ether oxygens (including phenoxy) is 1. The third kappa shape index (κ3) is 4.39. The van der Waals surface area contributed by atoms with Crippen LogP contribution in [0.4, 0.5) is 0 Å². The molecular formula is C27H28N2O3. The highest BCUT2D eigenvalue weighted by Gasteiger charge is 2.23. The van der Waals surface area contributed by atoms with Gasteiger partial charge in [0, 0.05) is 23.0 Å². The Morgan fingerprint density at radius 2 is 1.84 bits per heavy atom. The molecule has 2 atom stereocenters. The lowest BCUT2D eigenvalue weighted by atomic mass is 9.98. The van der Waals surface area contributed by atoms with E-state index in [-0.39, 0.29) is 11.8 Å². The number of aliphatic hydroxyl groups is 1. The third-order valence-corrected chi connectivity index (χ3v) is 5.74. The van der Waals surface area contributed by atoms with E-state index in [9.17, 15) is 9.90 Å². The number of nitrogens with one attached hydrogen (secondary N) is 2. The Kier molecular flexibility index (Phi) is 6.28. The van der Waals surface area contributed by atoms with E-state index in [2.05, 4.69) is 16.4 Å². The van der Waals surface area contributed by atoms with Gasteiger partial charge in [-0.25, -0.2) is 0 Å². The van der Waals surface area contributed by atoms with Crippen LogP contribution in [0.3, 0.4) is 0 Å². The zero-order valence-corrected chi connectivity index (χ0v) is 18.6. The molecule has 3 aromatic carbocycles. The summed E-state index contributed by atoms with van der Waals surface area (Å²) >= 11 is 0. The highest BCUT2D eigenvalue weighted by molar-refractivity contribution is 5.98. The average molecular weight is 429 g/mol. The summed E-state index contributed by atoms with van der Waals surface area (Å²) in [4.78, 5) is 16.4. The summed E-state index contributed by atoms with van der Waals surface area (Å²) < 4.78 is 5.70. The van der Waals surface area contributed by atoms with Crippen molar-refractivity contribution >= 4 is 16.8 Å². The molecule has 0 saturated heterocycles. The molecule has 0 aliphatic heterocycles. The Bertz CT molecular complexity index is 1240. The third-order valence-electron chi connectivity index (χ3n) is 5.74. The van der Waals surface area contributed by atoms with Crippen LogP contribution in [0.2, 0.25) is 0 Å². The predicted octanol–water partition coefficient (Wildman–Crippen LogP) is 5.39. The summed E-state index contributed by atoms with van der Waals surface area (Å²) in [5.74, 6) is -0.180. The van der Waals surface area contributed by atoms with Crippen molar-refractivity contribution in [3.05, 3.63) is 89.6 Å². The molecule has 0 radical (unpaired) electrons. The maximum Gasteiger partial charge on any atom is 0.257 e. The van der Waals surface area contributed by atoms with Crippen LogP contribution in [0, 0.1) is 6.92 Å². The van der Waals surface area contributed by atoms with Gasteiger partial charge in [0.15, 0.2) is 0 Å². The van der Waals surface area contributed by atoms with Crippen molar-refractivity contribution in [2.45, 2.75) is 32.9 Å². The Morgan fingerprint density at radius 1 is 1.06 bits per heavy atom. The van der Waals surface area contributed by atoms with Gasteiger partial charge >= 0.3 is 0 Å². The van der Waals surface area contributed by atoms with E-state index < -0.39 is 6.23 Å². The summed E-state index contributed by atoms with van der Waals surface area (Å²) in [7, 11) is 0. The quantitative estimate of drug-likeness (QED) is 0.345. The number of aliphatic hydroxyl groups excluding tert-OH is 1. The Hall–Kier alpha value is -3.57. The van der Waals surface area contributed by atoms with E-state index in [0.717, 1.165) is 33.2 Å².